The molecular weight excluding hydrogens is 314 g/mol. The van der Waals surface area contributed by atoms with Gasteiger partial charge in [-0.25, -0.2) is 4.79 Å². The first-order chi connectivity index (χ1) is 12.1. The fourth-order valence-corrected chi connectivity index (χ4v) is 3.72. The third-order valence-electron chi connectivity index (χ3n) is 5.02. The predicted molar refractivity (Wildman–Crippen MR) is 96.5 cm³/mol. The summed E-state index contributed by atoms with van der Waals surface area (Å²) in [6.45, 7) is 2.36. The Bertz CT molecular complexity index is 737. The van der Waals surface area contributed by atoms with Crippen LogP contribution in [0.4, 0.5) is 4.79 Å². The minimum Gasteiger partial charge on any atom is -0.448 e. The van der Waals surface area contributed by atoms with Crippen LogP contribution in [0.15, 0.2) is 48.5 Å². The largest absolute Gasteiger partial charge is 0.448 e. The Labute approximate surface area is 148 Å². The third kappa shape index (κ3) is 3.14. The second kappa shape index (κ2) is 6.52. The van der Waals surface area contributed by atoms with Gasteiger partial charge in [-0.3, -0.25) is 0 Å². The van der Waals surface area contributed by atoms with Crippen molar-refractivity contribution in [2.75, 3.05) is 13.2 Å². The van der Waals surface area contributed by atoms with Gasteiger partial charge in [0, 0.05) is 18.5 Å². The highest BCUT2D eigenvalue weighted by Crippen LogP contribution is 2.44. The molecule has 4 rings (SSSR count). The lowest BCUT2D eigenvalue weighted by atomic mass is 9.98. The van der Waals surface area contributed by atoms with Gasteiger partial charge in [0.2, 0.25) is 0 Å². The first-order valence-corrected chi connectivity index (χ1v) is 8.95. The molecule has 2 aliphatic rings. The van der Waals surface area contributed by atoms with Gasteiger partial charge in [0.1, 0.15) is 6.61 Å². The summed E-state index contributed by atoms with van der Waals surface area (Å²) in [6.07, 6.45) is 1.14. The van der Waals surface area contributed by atoms with E-state index in [1.54, 1.807) is 11.8 Å². The maximum absolute atomic E-state index is 12.5. The fraction of sp³-hybridized carbons (Fsp3) is 0.381. The van der Waals surface area contributed by atoms with E-state index in [2.05, 4.69) is 24.3 Å². The van der Waals surface area contributed by atoms with Crippen LogP contribution in [0.1, 0.15) is 36.8 Å². The van der Waals surface area contributed by atoms with Crippen LogP contribution in [-0.4, -0.2) is 41.4 Å². The van der Waals surface area contributed by atoms with Crippen molar-refractivity contribution in [3.63, 3.8) is 0 Å². The Balaban J connectivity index is 1.52. The SMILES string of the molecule is C[C@@H](O)CN(C(=O)OCC1c2ccccc2-c2ccccc21)C1CC1. The van der Waals surface area contributed by atoms with E-state index in [0.717, 1.165) is 12.8 Å². The van der Waals surface area contributed by atoms with Gasteiger partial charge in [0.25, 0.3) is 0 Å². The van der Waals surface area contributed by atoms with Crippen LogP contribution in [0.3, 0.4) is 0 Å². The quantitative estimate of drug-likeness (QED) is 0.903. The molecule has 4 nitrogen and oxygen atoms in total. The summed E-state index contributed by atoms with van der Waals surface area (Å²) >= 11 is 0. The number of carbonyl (C=O) groups is 1. The Morgan fingerprint density at radius 2 is 1.68 bits per heavy atom. The Morgan fingerprint density at radius 3 is 2.20 bits per heavy atom. The van der Waals surface area contributed by atoms with Crippen molar-refractivity contribution < 1.29 is 14.6 Å². The highest BCUT2D eigenvalue weighted by atomic mass is 16.6. The van der Waals surface area contributed by atoms with Gasteiger partial charge in [-0.15, -0.1) is 0 Å². The predicted octanol–water partition coefficient (Wildman–Crippen LogP) is 3.78. The van der Waals surface area contributed by atoms with Gasteiger partial charge in [-0.1, -0.05) is 48.5 Å². The van der Waals surface area contributed by atoms with Gasteiger partial charge in [-0.05, 0) is 42.0 Å². The monoisotopic (exact) mass is 337 g/mol. The number of benzene rings is 2. The van der Waals surface area contributed by atoms with E-state index in [1.807, 2.05) is 24.3 Å². The number of nitrogens with zero attached hydrogens (tertiary/aromatic N) is 1. The summed E-state index contributed by atoms with van der Waals surface area (Å²) in [5.74, 6) is 0.0731. The number of amides is 1. The van der Waals surface area contributed by atoms with Crippen molar-refractivity contribution >= 4 is 6.09 Å². The summed E-state index contributed by atoms with van der Waals surface area (Å²) in [6, 6.07) is 16.9. The van der Waals surface area contributed by atoms with E-state index in [1.165, 1.54) is 22.3 Å². The zero-order chi connectivity index (χ0) is 17.4. The Hall–Kier alpha value is -2.33. The van der Waals surface area contributed by atoms with Gasteiger partial charge in [0.15, 0.2) is 0 Å². The van der Waals surface area contributed by atoms with Gasteiger partial charge in [0.05, 0.1) is 6.10 Å². The summed E-state index contributed by atoms with van der Waals surface area (Å²) in [7, 11) is 0. The lowest BCUT2D eigenvalue weighted by Crippen LogP contribution is -2.39. The number of carbonyl (C=O) groups excluding carboxylic acids is 1. The minimum atomic E-state index is -0.541. The molecule has 25 heavy (non-hydrogen) atoms. The number of aliphatic hydroxyl groups is 1. The van der Waals surface area contributed by atoms with Crippen molar-refractivity contribution in [1.82, 2.24) is 4.90 Å². The molecule has 1 saturated carbocycles. The standard InChI is InChI=1S/C21H23NO3/c1-14(23)12-22(15-10-11-15)21(24)25-13-20-18-8-4-2-6-16(18)17-7-3-5-9-19(17)20/h2-9,14-15,20,23H,10-13H2,1H3/t14-/m1/s1. The molecule has 0 radical (unpaired) electrons. The van der Waals surface area contributed by atoms with E-state index in [4.69, 9.17) is 4.74 Å². The maximum Gasteiger partial charge on any atom is 0.410 e. The van der Waals surface area contributed by atoms with Crippen LogP contribution in [0.2, 0.25) is 0 Å². The molecule has 2 aromatic carbocycles. The van der Waals surface area contributed by atoms with Crippen molar-refractivity contribution in [1.29, 1.82) is 0 Å². The Kier molecular flexibility index (Phi) is 4.22. The molecule has 1 atom stereocenters. The fourth-order valence-electron chi connectivity index (χ4n) is 3.72. The lowest BCUT2D eigenvalue weighted by molar-refractivity contribution is 0.0731. The molecule has 2 aromatic rings. The zero-order valence-corrected chi connectivity index (χ0v) is 14.4. The number of rotatable bonds is 5. The van der Waals surface area contributed by atoms with E-state index >= 15 is 0 Å². The summed E-state index contributed by atoms with van der Waals surface area (Å²) in [5, 5.41) is 9.64. The van der Waals surface area contributed by atoms with E-state index in [-0.39, 0.29) is 18.1 Å². The second-order valence-corrected chi connectivity index (χ2v) is 7.04. The smallest absolute Gasteiger partial charge is 0.410 e. The van der Waals surface area contributed by atoms with Crippen LogP contribution < -0.4 is 0 Å². The van der Waals surface area contributed by atoms with E-state index in [0.29, 0.717) is 13.2 Å². The van der Waals surface area contributed by atoms with Crippen molar-refractivity contribution in [3.05, 3.63) is 59.7 Å². The van der Waals surface area contributed by atoms with Gasteiger partial charge < -0.3 is 14.7 Å². The summed E-state index contributed by atoms with van der Waals surface area (Å²) < 4.78 is 5.68. The second-order valence-electron chi connectivity index (χ2n) is 7.04. The average Bonchev–Trinajstić information content (AvgIpc) is 3.40. The lowest BCUT2D eigenvalue weighted by Gasteiger charge is -2.24. The van der Waals surface area contributed by atoms with Gasteiger partial charge >= 0.3 is 6.09 Å². The molecule has 0 heterocycles. The molecule has 0 aliphatic heterocycles. The summed E-state index contributed by atoms with van der Waals surface area (Å²) in [4.78, 5) is 14.2. The molecule has 0 bridgehead atoms. The van der Waals surface area contributed by atoms with E-state index in [9.17, 15) is 9.90 Å². The van der Waals surface area contributed by atoms with Crippen molar-refractivity contribution in [3.8, 4) is 11.1 Å². The van der Waals surface area contributed by atoms with E-state index < -0.39 is 6.10 Å². The number of hydrogen-bond acceptors (Lipinski definition) is 3. The van der Waals surface area contributed by atoms with Crippen LogP contribution in [0.25, 0.3) is 11.1 Å². The third-order valence-corrected chi connectivity index (χ3v) is 5.02. The Morgan fingerprint density at radius 1 is 1.12 bits per heavy atom. The molecule has 0 aromatic heterocycles. The summed E-state index contributed by atoms with van der Waals surface area (Å²) in [5.41, 5.74) is 4.87. The average molecular weight is 337 g/mol. The van der Waals surface area contributed by atoms with Gasteiger partial charge in [-0.2, -0.15) is 0 Å². The van der Waals surface area contributed by atoms with Crippen LogP contribution in [0, 0.1) is 0 Å². The normalized spacial score (nSPS) is 16.9. The van der Waals surface area contributed by atoms with Crippen LogP contribution >= 0.6 is 0 Å². The number of hydrogen-bond donors (Lipinski definition) is 1. The molecular formula is C21H23NO3. The first-order valence-electron chi connectivity index (χ1n) is 8.95. The van der Waals surface area contributed by atoms with Crippen LogP contribution in [0.5, 0.6) is 0 Å². The molecule has 2 aliphatic carbocycles. The molecule has 1 fully saturated rings. The van der Waals surface area contributed by atoms with Crippen molar-refractivity contribution in [2.24, 2.45) is 0 Å². The molecule has 1 amide bonds. The van der Waals surface area contributed by atoms with Crippen LogP contribution in [-0.2, 0) is 4.74 Å². The molecule has 0 spiro atoms. The highest BCUT2D eigenvalue weighted by molar-refractivity contribution is 5.79. The molecule has 4 heteroatoms. The number of ether oxygens (including phenoxy) is 1. The number of aliphatic hydroxyl groups excluding tert-OH is 1. The maximum atomic E-state index is 12.5. The highest BCUT2D eigenvalue weighted by Gasteiger charge is 2.35. The topological polar surface area (TPSA) is 49.8 Å². The number of fused-ring (bicyclic) bond motifs is 3. The first kappa shape index (κ1) is 16.2. The minimum absolute atomic E-state index is 0.0731. The molecule has 0 saturated heterocycles. The molecule has 0 unspecified atom stereocenters. The molecule has 1 N–H and O–H groups in total. The zero-order valence-electron chi connectivity index (χ0n) is 14.4. The molecule has 130 valence electrons. The van der Waals surface area contributed by atoms with Crippen molar-refractivity contribution in [2.45, 2.75) is 37.8 Å².